The summed E-state index contributed by atoms with van der Waals surface area (Å²) in [6.07, 6.45) is 0.652. The number of pyridine rings is 1. The molecule has 0 spiro atoms. The molecule has 2 rings (SSSR count). The maximum Gasteiger partial charge on any atom is 0.410 e. The lowest BCUT2D eigenvalue weighted by Crippen LogP contribution is -2.48. The van der Waals surface area contributed by atoms with Crippen LogP contribution in [-0.2, 0) is 14.8 Å². The van der Waals surface area contributed by atoms with Crippen LogP contribution in [0.15, 0.2) is 17.2 Å². The Labute approximate surface area is 162 Å². The lowest BCUT2D eigenvalue weighted by atomic mass is 9.94. The van der Waals surface area contributed by atoms with Gasteiger partial charge in [0.2, 0.25) is 15.9 Å². The number of hydrogen-bond acceptors (Lipinski definition) is 6. The molecule has 1 aromatic rings. The van der Waals surface area contributed by atoms with Crippen molar-refractivity contribution in [2.45, 2.75) is 49.8 Å². The molecule has 0 atom stereocenters. The summed E-state index contributed by atoms with van der Waals surface area (Å²) < 4.78 is 48.1. The summed E-state index contributed by atoms with van der Waals surface area (Å²) in [5.74, 6) is -0.0873. The number of nitrogens with zero attached hydrogens (tertiary/aromatic N) is 2. The number of likely N-dealkylation sites (tertiary alicyclic amines) is 1. The van der Waals surface area contributed by atoms with Crippen LogP contribution < -0.4 is 9.88 Å². The van der Waals surface area contributed by atoms with Crippen molar-refractivity contribution in [1.82, 2.24) is 9.88 Å². The molecule has 8 nitrogen and oxygen atoms in total. The van der Waals surface area contributed by atoms with Crippen LogP contribution in [0.25, 0.3) is 0 Å². The number of sulfonamides is 1. The minimum Gasteiger partial charge on any atom is -0.473 e. The molecule has 0 aliphatic carbocycles. The number of piperidine rings is 1. The molecule has 1 aliphatic heterocycles. The largest absolute Gasteiger partial charge is 0.473 e. The quantitative estimate of drug-likeness (QED) is 0.796. The second-order valence-electron chi connectivity index (χ2n) is 7.41. The number of hydrogen-bond donors (Lipinski definition) is 1. The summed E-state index contributed by atoms with van der Waals surface area (Å²) in [6.45, 7) is 5.36. The van der Waals surface area contributed by atoms with E-state index in [1.807, 2.05) is 0 Å². The lowest BCUT2D eigenvalue weighted by Gasteiger charge is -2.36. The zero-order chi connectivity index (χ0) is 20.5. The van der Waals surface area contributed by atoms with Crippen molar-refractivity contribution in [2.24, 2.45) is 5.14 Å². The van der Waals surface area contributed by atoms with Crippen LogP contribution in [0, 0.1) is 0 Å². The van der Waals surface area contributed by atoms with Crippen LogP contribution in [0.2, 0.25) is 5.02 Å². The minimum atomic E-state index is -3.94. The monoisotopic (exact) mass is 423 g/mol. The molecule has 1 aliphatic rings. The molecule has 0 saturated carbocycles. The third-order valence-corrected chi connectivity index (χ3v) is 5.04. The van der Waals surface area contributed by atoms with E-state index in [1.54, 1.807) is 20.8 Å². The zero-order valence-electron chi connectivity index (χ0n) is 15.4. The van der Waals surface area contributed by atoms with Gasteiger partial charge in [0.1, 0.15) is 27.8 Å². The highest BCUT2D eigenvalue weighted by molar-refractivity contribution is 7.89. The third kappa shape index (κ3) is 6.18. The lowest BCUT2D eigenvalue weighted by molar-refractivity contribution is -0.00969. The van der Waals surface area contributed by atoms with E-state index in [0.29, 0.717) is 0 Å². The Kier molecular flexibility index (Phi) is 6.23. The number of carbonyl (C=O) groups is 1. The van der Waals surface area contributed by atoms with Gasteiger partial charge in [-0.3, -0.25) is 0 Å². The van der Waals surface area contributed by atoms with E-state index in [4.69, 9.17) is 26.2 Å². The van der Waals surface area contributed by atoms with E-state index < -0.39 is 27.4 Å². The Hall–Kier alpha value is -1.65. The zero-order valence-corrected chi connectivity index (χ0v) is 16.9. The van der Waals surface area contributed by atoms with Crippen molar-refractivity contribution in [3.8, 4) is 5.88 Å². The van der Waals surface area contributed by atoms with E-state index in [-0.39, 0.29) is 48.3 Å². The Morgan fingerprint density at radius 1 is 1.41 bits per heavy atom. The standard InChI is InChI=1S/C16H23ClFN3O5S/c1-15(2,3)26-14(22)21-6-4-16(18,5-7-21)10-25-13-12(17)8-11(9-20-13)27(19,23)24/h8-9H,4-7,10H2,1-3H3,(H2,19,23,24). The highest BCUT2D eigenvalue weighted by Crippen LogP contribution is 2.30. The highest BCUT2D eigenvalue weighted by Gasteiger charge is 2.38. The van der Waals surface area contributed by atoms with Gasteiger partial charge in [0, 0.05) is 25.9 Å². The van der Waals surface area contributed by atoms with Gasteiger partial charge in [0.25, 0.3) is 0 Å². The Morgan fingerprint density at radius 3 is 2.48 bits per heavy atom. The van der Waals surface area contributed by atoms with Crippen molar-refractivity contribution in [3.05, 3.63) is 17.3 Å². The van der Waals surface area contributed by atoms with E-state index in [9.17, 15) is 17.6 Å². The van der Waals surface area contributed by atoms with Crippen LogP contribution in [0.4, 0.5) is 9.18 Å². The number of carbonyl (C=O) groups excluding carboxylic acids is 1. The molecular weight excluding hydrogens is 401 g/mol. The summed E-state index contributed by atoms with van der Waals surface area (Å²) in [4.78, 5) is 17.0. The van der Waals surface area contributed by atoms with Gasteiger partial charge in [-0.2, -0.15) is 0 Å². The molecule has 1 saturated heterocycles. The van der Waals surface area contributed by atoms with Gasteiger partial charge in [0.15, 0.2) is 0 Å². The van der Waals surface area contributed by atoms with Gasteiger partial charge >= 0.3 is 6.09 Å². The van der Waals surface area contributed by atoms with Crippen LogP contribution in [0.1, 0.15) is 33.6 Å². The number of aromatic nitrogens is 1. The number of ether oxygens (including phenoxy) is 2. The summed E-state index contributed by atoms with van der Waals surface area (Å²) >= 11 is 5.93. The molecule has 152 valence electrons. The summed E-state index contributed by atoms with van der Waals surface area (Å²) in [5, 5.41) is 4.91. The molecule has 1 aromatic heterocycles. The van der Waals surface area contributed by atoms with Crippen molar-refractivity contribution in [2.75, 3.05) is 19.7 Å². The average Bonchev–Trinajstić information content (AvgIpc) is 2.51. The predicted octanol–water partition coefficient (Wildman–Crippen LogP) is 2.50. The second-order valence-corrected chi connectivity index (χ2v) is 9.38. The molecular formula is C16H23ClFN3O5S. The smallest absolute Gasteiger partial charge is 0.410 e. The van der Waals surface area contributed by atoms with Gasteiger partial charge in [0.05, 0.1) is 6.20 Å². The number of amides is 1. The first kappa shape index (κ1) is 21.6. The van der Waals surface area contributed by atoms with Gasteiger partial charge in [-0.15, -0.1) is 0 Å². The van der Waals surface area contributed by atoms with E-state index in [1.165, 1.54) is 4.90 Å². The maximum absolute atomic E-state index is 14.9. The Bertz CT molecular complexity index is 805. The molecule has 0 bridgehead atoms. The number of nitrogens with two attached hydrogens (primary N) is 1. The van der Waals surface area contributed by atoms with Crippen molar-refractivity contribution in [3.63, 3.8) is 0 Å². The molecule has 0 aromatic carbocycles. The fourth-order valence-electron chi connectivity index (χ4n) is 2.43. The molecule has 2 N–H and O–H groups in total. The minimum absolute atomic E-state index is 0.0686. The molecule has 2 heterocycles. The topological polar surface area (TPSA) is 112 Å². The maximum atomic E-state index is 14.9. The van der Waals surface area contributed by atoms with Crippen LogP contribution in [0.3, 0.4) is 0 Å². The molecule has 0 unspecified atom stereocenters. The summed E-state index contributed by atoms with van der Waals surface area (Å²) in [7, 11) is -3.94. The molecule has 11 heteroatoms. The molecule has 1 fully saturated rings. The fraction of sp³-hybridized carbons (Fsp3) is 0.625. The fourth-order valence-corrected chi connectivity index (χ4v) is 3.20. The Morgan fingerprint density at radius 2 is 2.00 bits per heavy atom. The first-order chi connectivity index (χ1) is 12.3. The average molecular weight is 424 g/mol. The molecule has 0 radical (unpaired) electrons. The normalized spacial score (nSPS) is 17.5. The SMILES string of the molecule is CC(C)(C)OC(=O)N1CCC(F)(COc2ncc(S(N)(=O)=O)cc2Cl)CC1. The van der Waals surface area contributed by atoms with E-state index >= 15 is 0 Å². The van der Waals surface area contributed by atoms with Gasteiger partial charge in [-0.1, -0.05) is 11.6 Å². The number of primary sulfonamides is 1. The molecule has 1 amide bonds. The van der Waals surface area contributed by atoms with Crippen LogP contribution >= 0.6 is 11.6 Å². The van der Waals surface area contributed by atoms with Crippen LogP contribution in [0.5, 0.6) is 5.88 Å². The van der Waals surface area contributed by atoms with Crippen LogP contribution in [-0.4, -0.2) is 55.4 Å². The Balaban J connectivity index is 1.93. The summed E-state index contributed by atoms with van der Waals surface area (Å²) in [6, 6.07) is 1.09. The van der Waals surface area contributed by atoms with Gasteiger partial charge < -0.3 is 14.4 Å². The number of alkyl halides is 1. The van der Waals surface area contributed by atoms with Gasteiger partial charge in [-0.25, -0.2) is 27.7 Å². The molecule has 27 heavy (non-hydrogen) atoms. The number of halogens is 2. The van der Waals surface area contributed by atoms with E-state index in [2.05, 4.69) is 4.98 Å². The predicted molar refractivity (Wildman–Crippen MR) is 97.0 cm³/mol. The summed E-state index contributed by atoms with van der Waals surface area (Å²) in [5.41, 5.74) is -2.28. The third-order valence-electron chi connectivity index (χ3n) is 3.89. The van der Waals surface area contributed by atoms with E-state index in [0.717, 1.165) is 12.3 Å². The highest BCUT2D eigenvalue weighted by atomic mass is 35.5. The van der Waals surface area contributed by atoms with Crippen molar-refractivity contribution < 1.29 is 27.1 Å². The first-order valence-electron chi connectivity index (χ1n) is 8.27. The first-order valence-corrected chi connectivity index (χ1v) is 10.2. The second kappa shape index (κ2) is 7.76. The van der Waals surface area contributed by atoms with Crippen molar-refractivity contribution >= 4 is 27.7 Å². The van der Waals surface area contributed by atoms with Gasteiger partial charge in [-0.05, 0) is 26.8 Å². The number of rotatable bonds is 4. The van der Waals surface area contributed by atoms with Crippen molar-refractivity contribution in [1.29, 1.82) is 0 Å².